The Hall–Kier alpha value is -2.19. The highest BCUT2D eigenvalue weighted by Gasteiger charge is 2.67. The molecule has 0 aromatic carbocycles. The van der Waals surface area contributed by atoms with Gasteiger partial charge in [0.2, 0.25) is 0 Å². The summed E-state index contributed by atoms with van der Waals surface area (Å²) in [6, 6.07) is 0. The van der Waals surface area contributed by atoms with Gasteiger partial charge in [-0.3, -0.25) is 9.59 Å². The average molecular weight is 276 g/mol. The minimum Gasteiger partial charge on any atom is -0.465 e. The second-order valence-corrected chi connectivity index (χ2v) is 3.15. The van der Waals surface area contributed by atoms with Gasteiger partial charge >= 0.3 is 18.1 Å². The third-order valence-electron chi connectivity index (χ3n) is 1.97. The summed E-state index contributed by atoms with van der Waals surface area (Å²) in [5.74, 6) is -1.88. The summed E-state index contributed by atoms with van der Waals surface area (Å²) in [4.78, 5) is 23.1. The zero-order valence-corrected chi connectivity index (χ0v) is 10.0. The van der Waals surface area contributed by atoms with Gasteiger partial charge in [0, 0.05) is 0 Å². The molecule has 0 fully saturated rings. The van der Waals surface area contributed by atoms with Crippen molar-refractivity contribution in [1.29, 1.82) is 0 Å². The van der Waals surface area contributed by atoms with Crippen molar-refractivity contribution in [3.63, 3.8) is 0 Å². The van der Waals surface area contributed by atoms with Crippen molar-refractivity contribution in [3.8, 4) is 12.3 Å². The van der Waals surface area contributed by atoms with Crippen LogP contribution in [0.2, 0.25) is 0 Å². The van der Waals surface area contributed by atoms with Gasteiger partial charge in [-0.2, -0.15) is 13.2 Å². The van der Waals surface area contributed by atoms with Crippen LogP contribution in [0.1, 0.15) is 6.92 Å². The van der Waals surface area contributed by atoms with Crippen LogP contribution in [-0.4, -0.2) is 31.3 Å². The van der Waals surface area contributed by atoms with E-state index in [1.165, 1.54) is 6.92 Å². The Kier molecular flexibility index (Phi) is 5.90. The van der Waals surface area contributed by atoms with Gasteiger partial charge in [0.25, 0.3) is 5.41 Å². The predicted octanol–water partition coefficient (Wildman–Crippen LogP) is 1.62. The number of hydrogen-bond acceptors (Lipinski definition) is 4. The number of esters is 2. The Labute approximate surface area is 107 Å². The Morgan fingerprint density at radius 3 is 2.21 bits per heavy atom. The standard InChI is InChI=1S/C12H11F3O4/c1-4-7-11(12(13,14)15,9(16)18-6-3)10(17)19-8-5-2/h2,7H,1,6,8H2,3H3/t11-/m0/s1. The molecular weight excluding hydrogens is 265 g/mol. The number of carbonyl (C=O) groups is 2. The molecule has 1 atom stereocenters. The van der Waals surface area contributed by atoms with E-state index >= 15 is 0 Å². The largest absolute Gasteiger partial charge is 0.465 e. The number of rotatable bonds is 5. The number of ether oxygens (including phenoxy) is 2. The quantitative estimate of drug-likeness (QED) is 0.331. The maximum atomic E-state index is 13.1. The summed E-state index contributed by atoms with van der Waals surface area (Å²) in [6.45, 7) is 3.17. The first-order valence-corrected chi connectivity index (χ1v) is 4.99. The monoisotopic (exact) mass is 276 g/mol. The normalized spacial score (nSPS) is 13.4. The lowest BCUT2D eigenvalue weighted by atomic mass is 9.87. The summed E-state index contributed by atoms with van der Waals surface area (Å²) >= 11 is 0. The summed E-state index contributed by atoms with van der Waals surface area (Å²) in [5, 5.41) is 0. The zero-order chi connectivity index (χ0) is 15.1. The molecule has 0 saturated carbocycles. The molecule has 0 saturated heterocycles. The summed E-state index contributed by atoms with van der Waals surface area (Å²) in [5.41, 5.74) is -1.85. The molecule has 0 amide bonds. The number of halogens is 3. The molecule has 0 aliphatic carbocycles. The van der Waals surface area contributed by atoms with Gasteiger partial charge < -0.3 is 9.47 Å². The maximum Gasteiger partial charge on any atom is 0.419 e. The summed E-state index contributed by atoms with van der Waals surface area (Å²) < 4.78 is 47.7. The lowest BCUT2D eigenvalue weighted by Gasteiger charge is -2.27. The van der Waals surface area contributed by atoms with E-state index in [0.717, 1.165) is 0 Å². The van der Waals surface area contributed by atoms with E-state index in [1.807, 2.05) is 5.92 Å². The van der Waals surface area contributed by atoms with E-state index in [1.54, 1.807) is 5.73 Å². The lowest BCUT2D eigenvalue weighted by Crippen LogP contribution is -2.51. The minimum atomic E-state index is -5.27. The Morgan fingerprint density at radius 2 is 1.84 bits per heavy atom. The molecule has 104 valence electrons. The van der Waals surface area contributed by atoms with Crippen LogP contribution in [0.5, 0.6) is 0 Å². The first-order chi connectivity index (χ1) is 8.77. The summed E-state index contributed by atoms with van der Waals surface area (Å²) in [6.07, 6.45) is -0.337. The number of hydrogen-bond donors (Lipinski definition) is 0. The molecule has 0 radical (unpaired) electrons. The van der Waals surface area contributed by atoms with E-state index < -0.39 is 30.1 Å². The third kappa shape index (κ3) is 3.39. The molecule has 0 aromatic rings. The van der Waals surface area contributed by atoms with Crippen LogP contribution in [0, 0.1) is 17.8 Å². The minimum absolute atomic E-state index is 0.157. The van der Waals surface area contributed by atoms with Gasteiger partial charge in [-0.25, -0.2) is 0 Å². The van der Waals surface area contributed by atoms with E-state index in [2.05, 4.69) is 16.1 Å². The van der Waals surface area contributed by atoms with Crippen LogP contribution < -0.4 is 0 Å². The fraction of sp³-hybridized carbons (Fsp3) is 0.417. The van der Waals surface area contributed by atoms with E-state index in [-0.39, 0.29) is 12.7 Å². The maximum absolute atomic E-state index is 13.1. The molecule has 0 rings (SSSR count). The molecule has 4 nitrogen and oxygen atoms in total. The van der Waals surface area contributed by atoms with Crippen molar-refractivity contribution in [2.75, 3.05) is 13.2 Å². The zero-order valence-electron chi connectivity index (χ0n) is 10.0. The Morgan fingerprint density at radius 1 is 1.32 bits per heavy atom. The highest BCUT2D eigenvalue weighted by Crippen LogP contribution is 2.42. The first-order valence-electron chi connectivity index (χ1n) is 4.99. The number of terminal acetylenes is 1. The number of alkyl halides is 3. The first kappa shape index (κ1) is 16.8. The fourth-order valence-electron chi connectivity index (χ4n) is 1.13. The van der Waals surface area contributed by atoms with E-state index in [9.17, 15) is 22.8 Å². The van der Waals surface area contributed by atoms with Crippen LogP contribution in [0.25, 0.3) is 0 Å². The van der Waals surface area contributed by atoms with Gasteiger partial charge in [-0.15, -0.1) is 12.2 Å². The van der Waals surface area contributed by atoms with Crippen molar-refractivity contribution in [2.45, 2.75) is 13.1 Å². The SMILES string of the molecule is C#CCOC(=O)[C@](C=C=C)(C(=O)OCC)C(F)(F)F. The van der Waals surface area contributed by atoms with Crippen LogP contribution in [0.4, 0.5) is 13.2 Å². The van der Waals surface area contributed by atoms with Gasteiger partial charge in [0.15, 0.2) is 6.61 Å². The average Bonchev–Trinajstić information content (AvgIpc) is 2.31. The van der Waals surface area contributed by atoms with E-state index in [4.69, 9.17) is 6.42 Å². The van der Waals surface area contributed by atoms with Gasteiger partial charge in [-0.1, -0.05) is 12.5 Å². The van der Waals surface area contributed by atoms with Gasteiger partial charge in [-0.05, 0) is 13.0 Å². The molecule has 0 aliphatic heterocycles. The number of carbonyl (C=O) groups excluding carboxylic acids is 2. The topological polar surface area (TPSA) is 52.6 Å². The second kappa shape index (κ2) is 6.66. The van der Waals surface area contributed by atoms with Crippen molar-refractivity contribution >= 4 is 11.9 Å². The van der Waals surface area contributed by atoms with Crippen molar-refractivity contribution in [1.82, 2.24) is 0 Å². The van der Waals surface area contributed by atoms with E-state index in [0.29, 0.717) is 0 Å². The lowest BCUT2D eigenvalue weighted by molar-refractivity contribution is -0.228. The fourth-order valence-corrected chi connectivity index (χ4v) is 1.13. The predicted molar refractivity (Wildman–Crippen MR) is 58.6 cm³/mol. The molecule has 0 N–H and O–H groups in total. The molecule has 0 spiro atoms. The van der Waals surface area contributed by atoms with Crippen molar-refractivity contribution in [3.05, 3.63) is 18.4 Å². The highest BCUT2D eigenvalue weighted by molar-refractivity contribution is 6.03. The molecule has 0 aromatic heterocycles. The van der Waals surface area contributed by atoms with Crippen molar-refractivity contribution < 1.29 is 32.2 Å². The third-order valence-corrected chi connectivity index (χ3v) is 1.97. The smallest absolute Gasteiger partial charge is 0.419 e. The van der Waals surface area contributed by atoms with Gasteiger partial charge in [0.05, 0.1) is 6.61 Å². The molecule has 0 unspecified atom stereocenters. The van der Waals surface area contributed by atoms with Crippen LogP contribution >= 0.6 is 0 Å². The molecule has 0 heterocycles. The van der Waals surface area contributed by atoms with Crippen molar-refractivity contribution in [2.24, 2.45) is 5.41 Å². The van der Waals surface area contributed by atoms with Crippen LogP contribution in [-0.2, 0) is 19.1 Å². The molecule has 7 heteroatoms. The second-order valence-electron chi connectivity index (χ2n) is 3.15. The van der Waals surface area contributed by atoms with Gasteiger partial charge in [0.1, 0.15) is 0 Å². The molecule has 0 aliphatic rings. The molecular formula is C12H11F3O4. The van der Waals surface area contributed by atoms with Crippen LogP contribution in [0.15, 0.2) is 18.4 Å². The molecule has 19 heavy (non-hydrogen) atoms. The highest BCUT2D eigenvalue weighted by atomic mass is 19.4. The Bertz CT molecular complexity index is 441. The molecule has 0 bridgehead atoms. The Balaban J connectivity index is 5.80. The summed E-state index contributed by atoms with van der Waals surface area (Å²) in [7, 11) is 0. The van der Waals surface area contributed by atoms with Crippen LogP contribution in [0.3, 0.4) is 0 Å².